The SMILES string of the molecule is CCC(F)(F)F.Cc1ccnc(C)c1C. The van der Waals surface area contributed by atoms with Crippen LogP contribution in [0.2, 0.25) is 0 Å². The van der Waals surface area contributed by atoms with E-state index in [1.807, 2.05) is 19.2 Å². The number of nitrogens with zero attached hydrogens (tertiary/aromatic N) is 1. The van der Waals surface area contributed by atoms with Crippen LogP contribution in [0.1, 0.15) is 30.2 Å². The first-order valence-electron chi connectivity index (χ1n) is 4.73. The maximum atomic E-state index is 10.8. The van der Waals surface area contributed by atoms with Gasteiger partial charge in [0.1, 0.15) is 0 Å². The zero-order valence-electron chi connectivity index (χ0n) is 9.44. The average Bonchev–Trinajstić information content (AvgIpc) is 2.14. The molecule has 0 radical (unpaired) electrons. The van der Waals surface area contributed by atoms with Gasteiger partial charge in [0.2, 0.25) is 0 Å². The number of rotatable bonds is 0. The summed E-state index contributed by atoms with van der Waals surface area (Å²) in [6.07, 6.45) is -2.84. The second kappa shape index (κ2) is 5.73. The molecule has 1 aromatic heterocycles. The standard InChI is InChI=1S/C8H11N.C3H5F3/c1-6-4-5-9-8(3)7(6)2;1-2-3(4,5)6/h4-5H,1-3H3;2H2,1H3. The molecule has 1 heterocycles. The van der Waals surface area contributed by atoms with Gasteiger partial charge in [-0.2, -0.15) is 13.2 Å². The van der Waals surface area contributed by atoms with Gasteiger partial charge in [0.25, 0.3) is 0 Å². The molecule has 0 unspecified atom stereocenters. The Morgan fingerprint density at radius 3 is 1.93 bits per heavy atom. The summed E-state index contributed by atoms with van der Waals surface area (Å²) in [7, 11) is 0. The molecule has 0 aromatic carbocycles. The lowest BCUT2D eigenvalue weighted by atomic mass is 10.1. The zero-order valence-corrected chi connectivity index (χ0v) is 9.44. The smallest absolute Gasteiger partial charge is 0.261 e. The van der Waals surface area contributed by atoms with Crippen LogP contribution in [-0.4, -0.2) is 11.2 Å². The third-order valence-corrected chi connectivity index (χ3v) is 2.13. The van der Waals surface area contributed by atoms with Gasteiger partial charge in [-0.1, -0.05) is 6.92 Å². The Hall–Kier alpha value is -1.06. The highest BCUT2D eigenvalue weighted by Gasteiger charge is 2.22. The quantitative estimate of drug-likeness (QED) is 0.643. The van der Waals surface area contributed by atoms with E-state index < -0.39 is 12.6 Å². The van der Waals surface area contributed by atoms with Crippen molar-refractivity contribution in [2.45, 2.75) is 40.3 Å². The molecule has 0 aliphatic heterocycles. The Kier molecular flexibility index (Phi) is 5.33. The molecule has 86 valence electrons. The van der Waals surface area contributed by atoms with Crippen molar-refractivity contribution in [3.63, 3.8) is 0 Å². The van der Waals surface area contributed by atoms with Gasteiger partial charge < -0.3 is 0 Å². The first kappa shape index (κ1) is 13.9. The molecule has 0 saturated heterocycles. The molecule has 1 rings (SSSR count). The van der Waals surface area contributed by atoms with E-state index in [1.54, 1.807) is 0 Å². The molecule has 1 nitrogen and oxygen atoms in total. The molecule has 0 saturated carbocycles. The lowest BCUT2D eigenvalue weighted by molar-refractivity contribution is -0.130. The van der Waals surface area contributed by atoms with E-state index >= 15 is 0 Å². The largest absolute Gasteiger partial charge is 0.388 e. The van der Waals surface area contributed by atoms with E-state index in [9.17, 15) is 13.2 Å². The summed E-state index contributed by atoms with van der Waals surface area (Å²) in [5, 5.41) is 0. The van der Waals surface area contributed by atoms with Crippen LogP contribution < -0.4 is 0 Å². The van der Waals surface area contributed by atoms with E-state index in [0.717, 1.165) is 12.6 Å². The molecular weight excluding hydrogens is 203 g/mol. The van der Waals surface area contributed by atoms with Gasteiger partial charge in [0.05, 0.1) is 0 Å². The minimum atomic E-state index is -3.96. The number of alkyl halides is 3. The number of hydrogen-bond acceptors (Lipinski definition) is 1. The summed E-state index contributed by atoms with van der Waals surface area (Å²) in [5.74, 6) is 0. The van der Waals surface area contributed by atoms with E-state index in [1.165, 1.54) is 11.1 Å². The third-order valence-electron chi connectivity index (χ3n) is 2.13. The molecular formula is C11H16F3N. The van der Waals surface area contributed by atoms with Crippen molar-refractivity contribution in [2.24, 2.45) is 0 Å². The minimum absolute atomic E-state index is 0.729. The molecule has 0 aliphatic rings. The summed E-state index contributed by atoms with van der Waals surface area (Å²) in [5.41, 5.74) is 3.76. The average molecular weight is 219 g/mol. The molecule has 0 bridgehead atoms. The van der Waals surface area contributed by atoms with Gasteiger partial charge in [-0.05, 0) is 38.0 Å². The van der Waals surface area contributed by atoms with Gasteiger partial charge >= 0.3 is 6.18 Å². The lowest BCUT2D eigenvalue weighted by Gasteiger charge is -1.99. The van der Waals surface area contributed by atoms with Gasteiger partial charge in [-0.3, -0.25) is 4.98 Å². The molecule has 15 heavy (non-hydrogen) atoms. The van der Waals surface area contributed by atoms with Crippen molar-refractivity contribution in [3.8, 4) is 0 Å². The van der Waals surface area contributed by atoms with Crippen LogP contribution in [0.3, 0.4) is 0 Å². The van der Waals surface area contributed by atoms with E-state index in [0.29, 0.717) is 0 Å². The highest BCUT2D eigenvalue weighted by atomic mass is 19.4. The fraction of sp³-hybridized carbons (Fsp3) is 0.545. The lowest BCUT2D eigenvalue weighted by Crippen LogP contribution is -2.02. The first-order chi connectivity index (χ1) is 6.78. The van der Waals surface area contributed by atoms with Gasteiger partial charge in [-0.15, -0.1) is 0 Å². The molecule has 0 atom stereocenters. The van der Waals surface area contributed by atoms with Crippen molar-refractivity contribution in [1.29, 1.82) is 0 Å². The van der Waals surface area contributed by atoms with Crippen LogP contribution in [0.25, 0.3) is 0 Å². The summed E-state index contributed by atoms with van der Waals surface area (Å²) in [6, 6.07) is 2.03. The Bertz CT molecular complexity index is 285. The van der Waals surface area contributed by atoms with E-state index in [-0.39, 0.29) is 0 Å². The molecule has 0 spiro atoms. The molecule has 4 heteroatoms. The normalized spacial score (nSPS) is 10.6. The third kappa shape index (κ3) is 6.10. The zero-order chi connectivity index (χ0) is 12.1. The van der Waals surface area contributed by atoms with Crippen LogP contribution in [-0.2, 0) is 0 Å². The molecule has 1 aromatic rings. The van der Waals surface area contributed by atoms with Crippen LogP contribution in [0, 0.1) is 20.8 Å². The van der Waals surface area contributed by atoms with Crippen molar-refractivity contribution >= 4 is 0 Å². The molecule has 0 fully saturated rings. The second-order valence-electron chi connectivity index (χ2n) is 3.31. The van der Waals surface area contributed by atoms with Crippen molar-refractivity contribution in [3.05, 3.63) is 29.1 Å². The fourth-order valence-electron chi connectivity index (χ4n) is 0.768. The van der Waals surface area contributed by atoms with Gasteiger partial charge in [0.15, 0.2) is 0 Å². The Morgan fingerprint density at radius 1 is 1.20 bits per heavy atom. The van der Waals surface area contributed by atoms with Crippen molar-refractivity contribution in [1.82, 2.24) is 4.98 Å². The summed E-state index contributed by atoms with van der Waals surface area (Å²) in [4.78, 5) is 4.14. The number of hydrogen-bond donors (Lipinski definition) is 0. The predicted molar refractivity (Wildman–Crippen MR) is 54.8 cm³/mol. The Labute approximate surface area is 88.3 Å². The molecule has 0 amide bonds. The number of aromatic nitrogens is 1. The summed E-state index contributed by atoms with van der Waals surface area (Å²) in [6.45, 7) is 7.31. The minimum Gasteiger partial charge on any atom is -0.261 e. The monoisotopic (exact) mass is 219 g/mol. The highest BCUT2D eigenvalue weighted by molar-refractivity contribution is 5.25. The topological polar surface area (TPSA) is 12.9 Å². The van der Waals surface area contributed by atoms with Crippen LogP contribution in [0.5, 0.6) is 0 Å². The van der Waals surface area contributed by atoms with Gasteiger partial charge in [-0.25, -0.2) is 0 Å². The predicted octanol–water partition coefficient (Wildman–Crippen LogP) is 3.97. The number of halogens is 3. The number of pyridine rings is 1. The van der Waals surface area contributed by atoms with Crippen molar-refractivity contribution < 1.29 is 13.2 Å². The van der Waals surface area contributed by atoms with Crippen LogP contribution in [0.4, 0.5) is 13.2 Å². The second-order valence-corrected chi connectivity index (χ2v) is 3.31. The fourth-order valence-corrected chi connectivity index (χ4v) is 0.768. The van der Waals surface area contributed by atoms with E-state index in [2.05, 4.69) is 18.8 Å². The maximum Gasteiger partial charge on any atom is 0.388 e. The Balaban J connectivity index is 0.000000288. The molecule has 0 N–H and O–H groups in total. The van der Waals surface area contributed by atoms with E-state index in [4.69, 9.17) is 0 Å². The maximum absolute atomic E-state index is 10.8. The summed E-state index contributed by atoms with van der Waals surface area (Å²) >= 11 is 0. The van der Waals surface area contributed by atoms with Crippen LogP contribution in [0.15, 0.2) is 12.3 Å². The van der Waals surface area contributed by atoms with Gasteiger partial charge in [0, 0.05) is 18.3 Å². The van der Waals surface area contributed by atoms with Crippen molar-refractivity contribution in [2.75, 3.05) is 0 Å². The highest BCUT2D eigenvalue weighted by Crippen LogP contribution is 2.17. The summed E-state index contributed by atoms with van der Waals surface area (Å²) < 4.78 is 32.4. The Morgan fingerprint density at radius 2 is 1.67 bits per heavy atom. The van der Waals surface area contributed by atoms with Crippen LogP contribution >= 0.6 is 0 Å². The first-order valence-corrected chi connectivity index (χ1v) is 4.73. The molecule has 0 aliphatic carbocycles. The number of aryl methyl sites for hydroxylation is 2.